The molecule has 1 fully saturated rings. The van der Waals surface area contributed by atoms with Crippen molar-refractivity contribution in [2.45, 2.75) is 275 Å². The Morgan fingerprint density at radius 3 is 1.31 bits per heavy atom. The molecule has 1 heterocycles. The number of carboxylic acids is 1. The van der Waals surface area contributed by atoms with Gasteiger partial charge in [-0.2, -0.15) is 0 Å². The zero-order chi connectivity index (χ0) is 47.4. The van der Waals surface area contributed by atoms with Gasteiger partial charge in [0.15, 0.2) is 18.5 Å². The number of aliphatic hydroxyl groups is 3. The van der Waals surface area contributed by atoms with Crippen LogP contribution in [-0.2, 0) is 33.3 Å². The number of ether oxygens (including phenoxy) is 4. The molecule has 0 aromatic carbocycles. The molecule has 6 atom stereocenters. The summed E-state index contributed by atoms with van der Waals surface area (Å²) in [5.41, 5.74) is 0. The van der Waals surface area contributed by atoms with Gasteiger partial charge < -0.3 is 39.4 Å². The minimum atomic E-state index is -1.86. The summed E-state index contributed by atoms with van der Waals surface area (Å²) in [5.74, 6) is -2.45. The lowest BCUT2D eigenvalue weighted by atomic mass is 9.99. The van der Waals surface area contributed by atoms with E-state index in [4.69, 9.17) is 18.9 Å². The zero-order valence-electron chi connectivity index (χ0n) is 41.2. The summed E-state index contributed by atoms with van der Waals surface area (Å²) in [4.78, 5) is 37.0. The molecule has 1 saturated heterocycles. The number of rotatable bonds is 45. The molecule has 0 aromatic heterocycles. The van der Waals surface area contributed by atoms with Crippen LogP contribution in [0.15, 0.2) is 36.5 Å². The predicted octanol–water partition coefficient (Wildman–Crippen LogP) is 12.7. The van der Waals surface area contributed by atoms with Crippen LogP contribution in [0.25, 0.3) is 0 Å². The first-order valence-electron chi connectivity index (χ1n) is 26.5. The van der Waals surface area contributed by atoms with E-state index in [-0.39, 0.29) is 19.4 Å². The van der Waals surface area contributed by atoms with E-state index in [9.17, 15) is 34.8 Å². The number of aliphatic carboxylic acids is 1. The number of hydrogen-bond donors (Lipinski definition) is 4. The first kappa shape index (κ1) is 60.4. The summed E-state index contributed by atoms with van der Waals surface area (Å²) in [6, 6.07) is 0. The van der Waals surface area contributed by atoms with Crippen molar-refractivity contribution in [3.05, 3.63) is 36.5 Å². The third kappa shape index (κ3) is 35.3. The quantitative estimate of drug-likeness (QED) is 0.0260. The lowest BCUT2D eigenvalue weighted by molar-refractivity contribution is -0.298. The second-order valence-corrected chi connectivity index (χ2v) is 18.4. The van der Waals surface area contributed by atoms with E-state index in [0.717, 1.165) is 64.2 Å². The molecule has 0 amide bonds. The minimum absolute atomic E-state index is 0.180. The van der Waals surface area contributed by atoms with E-state index in [1.807, 2.05) is 0 Å². The monoisotopic (exact) mass is 921 g/mol. The number of carbonyl (C=O) groups is 3. The Morgan fingerprint density at radius 2 is 0.862 bits per heavy atom. The lowest BCUT2D eigenvalue weighted by Gasteiger charge is -2.38. The molecule has 11 nitrogen and oxygen atoms in total. The maximum atomic E-state index is 12.8. The SMILES string of the molecule is CCCCCC/C=C\C/C=C\CCCCCCCC(=O)OCC(COC1OC(C(=O)O)C(O)C(O)C1O)OC(=O)CCCCCCCCCCCCC/C=C\CCCCCCCCCC. The number of carboxylic acid groups (broad SMARTS) is 1. The molecule has 378 valence electrons. The van der Waals surface area contributed by atoms with Crippen LogP contribution in [0.1, 0.15) is 239 Å². The highest BCUT2D eigenvalue weighted by Gasteiger charge is 2.47. The van der Waals surface area contributed by atoms with Crippen molar-refractivity contribution in [1.29, 1.82) is 0 Å². The Morgan fingerprint density at radius 1 is 0.477 bits per heavy atom. The van der Waals surface area contributed by atoms with Gasteiger partial charge >= 0.3 is 17.9 Å². The Bertz CT molecular complexity index is 1220. The van der Waals surface area contributed by atoms with Crippen LogP contribution in [0.3, 0.4) is 0 Å². The van der Waals surface area contributed by atoms with Crippen molar-refractivity contribution >= 4 is 17.9 Å². The molecule has 1 rings (SSSR count). The fourth-order valence-corrected chi connectivity index (χ4v) is 8.02. The van der Waals surface area contributed by atoms with Crippen LogP contribution in [0, 0.1) is 0 Å². The molecule has 11 heteroatoms. The Labute approximate surface area is 395 Å². The Kier molecular flexibility index (Phi) is 40.9. The first-order valence-corrected chi connectivity index (χ1v) is 26.5. The summed E-state index contributed by atoms with van der Waals surface area (Å²) >= 11 is 0. The molecular weight excluding hydrogens is 825 g/mol. The second-order valence-electron chi connectivity index (χ2n) is 18.4. The average molecular weight is 921 g/mol. The van der Waals surface area contributed by atoms with Gasteiger partial charge in [0, 0.05) is 12.8 Å². The van der Waals surface area contributed by atoms with Crippen molar-refractivity contribution in [3.8, 4) is 0 Å². The fourth-order valence-electron chi connectivity index (χ4n) is 8.02. The molecule has 6 unspecified atom stereocenters. The molecule has 0 saturated carbocycles. The minimum Gasteiger partial charge on any atom is -0.479 e. The van der Waals surface area contributed by atoms with Gasteiger partial charge in [0.05, 0.1) is 6.61 Å². The summed E-state index contributed by atoms with van der Waals surface area (Å²) in [6.45, 7) is 3.81. The van der Waals surface area contributed by atoms with Crippen molar-refractivity contribution in [1.82, 2.24) is 0 Å². The highest BCUT2D eigenvalue weighted by Crippen LogP contribution is 2.23. The molecule has 1 aliphatic rings. The number of allylic oxidation sites excluding steroid dienone is 6. The van der Waals surface area contributed by atoms with Gasteiger partial charge in [0.25, 0.3) is 0 Å². The normalized spacial score (nSPS) is 19.4. The average Bonchev–Trinajstić information content (AvgIpc) is 3.29. The zero-order valence-corrected chi connectivity index (χ0v) is 41.2. The van der Waals surface area contributed by atoms with Gasteiger partial charge in [-0.3, -0.25) is 9.59 Å². The summed E-state index contributed by atoms with van der Waals surface area (Å²) in [7, 11) is 0. The van der Waals surface area contributed by atoms with Gasteiger partial charge in [-0.05, 0) is 70.6 Å². The van der Waals surface area contributed by atoms with Crippen LogP contribution < -0.4 is 0 Å². The van der Waals surface area contributed by atoms with Crippen molar-refractivity contribution in [2.24, 2.45) is 0 Å². The highest BCUT2D eigenvalue weighted by atomic mass is 16.7. The Hall–Kier alpha value is -2.57. The number of aliphatic hydroxyl groups excluding tert-OH is 3. The topological polar surface area (TPSA) is 169 Å². The van der Waals surface area contributed by atoms with Crippen LogP contribution >= 0.6 is 0 Å². The predicted molar refractivity (Wildman–Crippen MR) is 261 cm³/mol. The summed E-state index contributed by atoms with van der Waals surface area (Å²) < 4.78 is 21.8. The number of unbranched alkanes of at least 4 members (excludes halogenated alkanes) is 28. The summed E-state index contributed by atoms with van der Waals surface area (Å²) in [5, 5.41) is 40.0. The van der Waals surface area contributed by atoms with Crippen LogP contribution in [0.4, 0.5) is 0 Å². The van der Waals surface area contributed by atoms with Crippen molar-refractivity contribution in [2.75, 3.05) is 13.2 Å². The first-order chi connectivity index (χ1) is 31.7. The molecular formula is C54H96O11. The molecule has 0 radical (unpaired) electrons. The van der Waals surface area contributed by atoms with Crippen molar-refractivity contribution < 1.29 is 53.8 Å². The van der Waals surface area contributed by atoms with Crippen LogP contribution in [0.2, 0.25) is 0 Å². The maximum Gasteiger partial charge on any atom is 0.335 e. The van der Waals surface area contributed by atoms with E-state index in [1.54, 1.807) is 0 Å². The van der Waals surface area contributed by atoms with Gasteiger partial charge in [-0.15, -0.1) is 0 Å². The molecule has 0 aromatic rings. The van der Waals surface area contributed by atoms with Gasteiger partial charge in [-0.25, -0.2) is 4.79 Å². The number of hydrogen-bond acceptors (Lipinski definition) is 10. The van der Waals surface area contributed by atoms with E-state index in [0.29, 0.717) is 12.8 Å². The standard InChI is InChI=1S/C54H96O11/c1-3-5-7-9-11-13-15-17-19-21-22-23-24-25-26-27-29-31-33-35-37-39-41-43-48(56)64-46(45-63-54-51(59)49(57)50(58)52(65-54)53(60)61)44-62-47(55)42-40-38-36-34-32-30-28-20-18-16-14-12-10-8-6-4-2/h14,16,20-22,28,46,49-52,54,57-59H,3-13,15,17-19,23-27,29-45H2,1-2H3,(H,60,61)/b16-14-,22-21-,28-20-. The molecule has 0 aliphatic carbocycles. The van der Waals surface area contributed by atoms with E-state index in [1.165, 1.54) is 135 Å². The largest absolute Gasteiger partial charge is 0.479 e. The van der Waals surface area contributed by atoms with Gasteiger partial charge in [-0.1, -0.05) is 192 Å². The van der Waals surface area contributed by atoms with Crippen molar-refractivity contribution in [3.63, 3.8) is 0 Å². The third-order valence-electron chi connectivity index (χ3n) is 12.2. The maximum absolute atomic E-state index is 12.8. The summed E-state index contributed by atoms with van der Waals surface area (Å²) in [6.07, 6.45) is 43.4. The van der Waals surface area contributed by atoms with Crippen LogP contribution in [-0.4, -0.2) is 88.4 Å². The lowest BCUT2D eigenvalue weighted by Crippen LogP contribution is -2.60. The molecule has 0 bridgehead atoms. The smallest absolute Gasteiger partial charge is 0.335 e. The van der Waals surface area contributed by atoms with E-state index < -0.39 is 61.3 Å². The third-order valence-corrected chi connectivity index (χ3v) is 12.2. The van der Waals surface area contributed by atoms with Gasteiger partial charge in [0.2, 0.25) is 0 Å². The number of carbonyl (C=O) groups excluding carboxylic acids is 2. The van der Waals surface area contributed by atoms with Crippen LogP contribution in [0.5, 0.6) is 0 Å². The van der Waals surface area contributed by atoms with E-state index >= 15 is 0 Å². The highest BCUT2D eigenvalue weighted by molar-refractivity contribution is 5.73. The van der Waals surface area contributed by atoms with E-state index in [2.05, 4.69) is 50.3 Å². The molecule has 4 N–H and O–H groups in total. The molecule has 0 spiro atoms. The number of esters is 2. The molecule has 65 heavy (non-hydrogen) atoms. The van der Waals surface area contributed by atoms with Gasteiger partial charge in [0.1, 0.15) is 24.9 Å². The fraction of sp³-hybridized carbons (Fsp3) is 0.833. The Balaban J connectivity index is 2.28. The second kappa shape index (κ2) is 44.0. The molecule has 1 aliphatic heterocycles.